The fraction of sp³-hybridized carbons (Fsp3) is 0.650. The number of nitrogens with two attached hydrogens (primary N) is 1. The molecule has 2 heterocycles. The minimum atomic E-state index is -0.131. The number of rotatable bonds is 2. The van der Waals surface area contributed by atoms with Gasteiger partial charge < -0.3 is 11.1 Å². The molecule has 1 aromatic carbocycles. The first kappa shape index (κ1) is 16.1. The summed E-state index contributed by atoms with van der Waals surface area (Å²) in [6.07, 6.45) is 6.92. The topological polar surface area (TPSA) is 58.4 Å². The zero-order valence-corrected chi connectivity index (χ0v) is 14.4. The molecule has 4 nitrogen and oxygen atoms in total. The number of nitrogens with one attached hydrogen (secondary N) is 1. The molecule has 130 valence electrons. The molecular formula is C20H29N3O. The van der Waals surface area contributed by atoms with E-state index in [1.807, 2.05) is 0 Å². The van der Waals surface area contributed by atoms with Crippen LogP contribution < -0.4 is 11.1 Å². The van der Waals surface area contributed by atoms with Crippen molar-refractivity contribution in [3.05, 3.63) is 35.4 Å². The molecule has 24 heavy (non-hydrogen) atoms. The Morgan fingerprint density at radius 1 is 1.17 bits per heavy atom. The largest absolute Gasteiger partial charge is 0.368 e. The van der Waals surface area contributed by atoms with Crippen LogP contribution in [-0.2, 0) is 11.2 Å². The van der Waals surface area contributed by atoms with Crippen molar-refractivity contribution in [1.82, 2.24) is 10.2 Å². The van der Waals surface area contributed by atoms with Gasteiger partial charge in [0.2, 0.25) is 5.91 Å². The summed E-state index contributed by atoms with van der Waals surface area (Å²) in [5.41, 5.74) is 8.79. The fourth-order valence-electron chi connectivity index (χ4n) is 5.42. The second-order valence-electron chi connectivity index (χ2n) is 7.72. The first-order valence-corrected chi connectivity index (χ1v) is 9.59. The van der Waals surface area contributed by atoms with Crippen LogP contribution in [0, 0.1) is 5.92 Å². The van der Waals surface area contributed by atoms with E-state index < -0.39 is 0 Å². The van der Waals surface area contributed by atoms with E-state index >= 15 is 0 Å². The quantitative estimate of drug-likeness (QED) is 0.874. The molecule has 4 atom stereocenters. The zero-order chi connectivity index (χ0) is 16.5. The number of hydrogen-bond acceptors (Lipinski definition) is 3. The molecule has 0 bridgehead atoms. The second-order valence-corrected chi connectivity index (χ2v) is 7.72. The Balaban J connectivity index is 1.65. The van der Waals surface area contributed by atoms with Crippen LogP contribution in [0.1, 0.15) is 49.1 Å². The number of nitrogens with zero attached hydrogens (tertiary/aromatic N) is 1. The standard InChI is InChI=1S/C20H29N3O/c21-20(24)19-10-9-18-17(13-22-11-4-12-23(18)19)16-8-3-6-14-5-1-2-7-15(14)16/h1-2,5,7,16-19,22H,3-4,6,8-13H2,(H2,21,24)/t16-,17?,18?,19?/m0/s1. The van der Waals surface area contributed by atoms with Crippen molar-refractivity contribution in [3.63, 3.8) is 0 Å². The highest BCUT2D eigenvalue weighted by Crippen LogP contribution is 2.42. The van der Waals surface area contributed by atoms with Crippen molar-refractivity contribution >= 4 is 5.91 Å². The van der Waals surface area contributed by atoms with Crippen LogP contribution in [0.2, 0.25) is 0 Å². The van der Waals surface area contributed by atoms with Gasteiger partial charge in [-0.15, -0.1) is 0 Å². The molecule has 3 N–H and O–H groups in total. The maximum Gasteiger partial charge on any atom is 0.234 e. The number of carbonyl (C=O) groups excluding carboxylic acids is 1. The van der Waals surface area contributed by atoms with Crippen LogP contribution in [0.4, 0.5) is 0 Å². The van der Waals surface area contributed by atoms with E-state index in [-0.39, 0.29) is 11.9 Å². The lowest BCUT2D eigenvalue weighted by Crippen LogP contribution is -2.51. The van der Waals surface area contributed by atoms with Gasteiger partial charge in [0.15, 0.2) is 0 Å². The predicted octanol–water partition coefficient (Wildman–Crippen LogP) is 2.03. The molecular weight excluding hydrogens is 298 g/mol. The molecule has 2 fully saturated rings. The summed E-state index contributed by atoms with van der Waals surface area (Å²) >= 11 is 0. The molecule has 1 amide bonds. The Bertz CT molecular complexity index is 602. The van der Waals surface area contributed by atoms with Crippen LogP contribution in [0.5, 0.6) is 0 Å². The van der Waals surface area contributed by atoms with Crippen molar-refractivity contribution in [3.8, 4) is 0 Å². The lowest BCUT2D eigenvalue weighted by molar-refractivity contribution is -0.123. The molecule has 1 aromatic rings. The van der Waals surface area contributed by atoms with E-state index in [0.29, 0.717) is 17.9 Å². The summed E-state index contributed by atoms with van der Waals surface area (Å²) in [4.78, 5) is 14.4. The van der Waals surface area contributed by atoms with E-state index in [4.69, 9.17) is 5.73 Å². The third-order valence-electron chi connectivity index (χ3n) is 6.47. The maximum absolute atomic E-state index is 11.9. The summed E-state index contributed by atoms with van der Waals surface area (Å²) < 4.78 is 0. The highest BCUT2D eigenvalue weighted by atomic mass is 16.1. The van der Waals surface area contributed by atoms with Gasteiger partial charge in [0.25, 0.3) is 0 Å². The molecule has 4 heteroatoms. The Hall–Kier alpha value is -1.39. The Labute approximate surface area is 144 Å². The number of hydrogen-bond donors (Lipinski definition) is 2. The highest BCUT2D eigenvalue weighted by molar-refractivity contribution is 5.80. The lowest BCUT2D eigenvalue weighted by atomic mass is 9.72. The SMILES string of the molecule is NC(=O)C1CCC2C([C@H]3CCCc4ccccc43)CNCCCN12. The highest BCUT2D eigenvalue weighted by Gasteiger charge is 2.44. The van der Waals surface area contributed by atoms with Gasteiger partial charge in [-0.3, -0.25) is 9.69 Å². The number of carbonyl (C=O) groups is 1. The Morgan fingerprint density at radius 3 is 2.92 bits per heavy atom. The molecule has 0 aromatic heterocycles. The number of amides is 1. The van der Waals surface area contributed by atoms with Crippen molar-refractivity contribution in [1.29, 1.82) is 0 Å². The van der Waals surface area contributed by atoms with Crippen LogP contribution in [0.3, 0.4) is 0 Å². The van der Waals surface area contributed by atoms with Crippen molar-refractivity contribution in [2.75, 3.05) is 19.6 Å². The van der Waals surface area contributed by atoms with E-state index in [1.165, 1.54) is 24.8 Å². The van der Waals surface area contributed by atoms with Crippen LogP contribution >= 0.6 is 0 Å². The molecule has 3 aliphatic rings. The van der Waals surface area contributed by atoms with E-state index in [2.05, 4.69) is 34.5 Å². The van der Waals surface area contributed by atoms with Crippen LogP contribution in [0.15, 0.2) is 24.3 Å². The second kappa shape index (κ2) is 6.85. The maximum atomic E-state index is 11.9. The van der Waals surface area contributed by atoms with Gasteiger partial charge in [0.1, 0.15) is 0 Å². The first-order valence-electron chi connectivity index (χ1n) is 9.59. The molecule has 2 saturated heterocycles. The van der Waals surface area contributed by atoms with Crippen molar-refractivity contribution in [2.24, 2.45) is 11.7 Å². The predicted molar refractivity (Wildman–Crippen MR) is 95.8 cm³/mol. The fourth-order valence-corrected chi connectivity index (χ4v) is 5.42. The summed E-state index contributed by atoms with van der Waals surface area (Å²) in [6.45, 7) is 3.10. The normalized spacial score (nSPS) is 34.0. The number of fused-ring (bicyclic) bond motifs is 2. The Kier molecular flexibility index (Phi) is 4.59. The van der Waals surface area contributed by atoms with Gasteiger partial charge in [0.05, 0.1) is 6.04 Å². The molecule has 0 radical (unpaired) electrons. The van der Waals surface area contributed by atoms with Crippen LogP contribution in [-0.4, -0.2) is 42.5 Å². The molecule has 3 unspecified atom stereocenters. The molecule has 0 spiro atoms. The summed E-state index contributed by atoms with van der Waals surface area (Å²) in [6, 6.07) is 9.44. The lowest BCUT2D eigenvalue weighted by Gasteiger charge is -2.42. The van der Waals surface area contributed by atoms with Gasteiger partial charge in [-0.25, -0.2) is 0 Å². The molecule has 2 aliphatic heterocycles. The van der Waals surface area contributed by atoms with Crippen molar-refractivity contribution < 1.29 is 4.79 Å². The summed E-state index contributed by atoms with van der Waals surface area (Å²) in [5.74, 6) is 1.06. The number of aryl methyl sites for hydroxylation is 1. The third-order valence-corrected chi connectivity index (χ3v) is 6.47. The Morgan fingerprint density at radius 2 is 2.04 bits per heavy atom. The van der Waals surface area contributed by atoms with Crippen molar-refractivity contribution in [2.45, 2.75) is 56.5 Å². The minimum absolute atomic E-state index is 0.0468. The van der Waals surface area contributed by atoms with Gasteiger partial charge in [-0.05, 0) is 68.0 Å². The summed E-state index contributed by atoms with van der Waals surface area (Å²) in [7, 11) is 0. The smallest absolute Gasteiger partial charge is 0.234 e. The average molecular weight is 327 g/mol. The van der Waals surface area contributed by atoms with Crippen LogP contribution in [0.25, 0.3) is 0 Å². The monoisotopic (exact) mass is 327 g/mol. The van der Waals surface area contributed by atoms with E-state index in [9.17, 15) is 4.79 Å². The van der Waals surface area contributed by atoms with Gasteiger partial charge >= 0.3 is 0 Å². The number of primary amides is 1. The van der Waals surface area contributed by atoms with E-state index in [0.717, 1.165) is 38.9 Å². The zero-order valence-electron chi connectivity index (χ0n) is 14.4. The van der Waals surface area contributed by atoms with E-state index in [1.54, 1.807) is 5.56 Å². The molecule has 1 aliphatic carbocycles. The minimum Gasteiger partial charge on any atom is -0.368 e. The van der Waals surface area contributed by atoms with Gasteiger partial charge in [0, 0.05) is 19.1 Å². The summed E-state index contributed by atoms with van der Waals surface area (Å²) in [5, 5.41) is 3.68. The van der Waals surface area contributed by atoms with Gasteiger partial charge in [-0.1, -0.05) is 24.3 Å². The number of benzene rings is 1. The van der Waals surface area contributed by atoms with Gasteiger partial charge in [-0.2, -0.15) is 0 Å². The third kappa shape index (κ3) is 2.86. The average Bonchev–Trinajstić information content (AvgIpc) is 2.98. The first-order chi connectivity index (χ1) is 11.8. The molecule has 0 saturated carbocycles. The molecule has 4 rings (SSSR count).